The molecular formula is C20H20N6O3. The van der Waals surface area contributed by atoms with Gasteiger partial charge >= 0.3 is 5.69 Å². The molecule has 3 rings (SSSR count). The first-order valence-corrected chi connectivity index (χ1v) is 8.89. The maximum absolute atomic E-state index is 11.7. The minimum atomic E-state index is -0.520. The molecule has 1 atom stereocenters. The molecule has 0 fully saturated rings. The number of rotatable bonds is 7. The van der Waals surface area contributed by atoms with Gasteiger partial charge in [0.1, 0.15) is 6.33 Å². The van der Waals surface area contributed by atoms with E-state index in [2.05, 4.69) is 25.9 Å². The summed E-state index contributed by atoms with van der Waals surface area (Å²) in [6.07, 6.45) is 1.26. The highest BCUT2D eigenvalue weighted by molar-refractivity contribution is 5.89. The first-order chi connectivity index (χ1) is 13.9. The van der Waals surface area contributed by atoms with Crippen LogP contribution in [0.5, 0.6) is 0 Å². The van der Waals surface area contributed by atoms with Crippen molar-refractivity contribution >= 4 is 34.6 Å². The van der Waals surface area contributed by atoms with Gasteiger partial charge in [0.25, 0.3) is 0 Å². The Bertz CT molecular complexity index is 1010. The first kappa shape index (κ1) is 19.7. The van der Waals surface area contributed by atoms with Gasteiger partial charge in [-0.15, -0.1) is 0 Å². The molecule has 9 heteroatoms. The molecule has 0 aliphatic carbocycles. The van der Waals surface area contributed by atoms with Crippen molar-refractivity contribution in [3.63, 3.8) is 0 Å². The van der Waals surface area contributed by atoms with Gasteiger partial charge in [0, 0.05) is 18.3 Å². The van der Waals surface area contributed by atoms with Crippen LogP contribution in [-0.4, -0.2) is 20.8 Å². The van der Waals surface area contributed by atoms with E-state index in [0.29, 0.717) is 11.4 Å². The van der Waals surface area contributed by atoms with Crippen molar-refractivity contribution < 1.29 is 9.72 Å². The fourth-order valence-corrected chi connectivity index (χ4v) is 2.76. The smallest absolute Gasteiger partial charge is 0.353 e. The molecule has 1 amide bonds. The summed E-state index contributed by atoms with van der Waals surface area (Å²) in [6.45, 7) is 3.32. The molecule has 9 nitrogen and oxygen atoms in total. The van der Waals surface area contributed by atoms with Crippen molar-refractivity contribution in [3.05, 3.63) is 76.6 Å². The summed E-state index contributed by atoms with van der Waals surface area (Å²) in [5.41, 5.74) is 1.94. The number of nitro groups is 1. The fourth-order valence-electron chi connectivity index (χ4n) is 2.76. The topological polar surface area (TPSA) is 122 Å². The molecule has 0 saturated carbocycles. The van der Waals surface area contributed by atoms with E-state index in [1.807, 2.05) is 37.3 Å². The molecule has 0 spiro atoms. The second-order valence-corrected chi connectivity index (χ2v) is 6.34. The predicted octanol–water partition coefficient (Wildman–Crippen LogP) is 4.26. The Balaban J connectivity index is 1.85. The Morgan fingerprint density at radius 2 is 1.62 bits per heavy atom. The first-order valence-electron chi connectivity index (χ1n) is 8.89. The number of aromatic nitrogens is 2. The second-order valence-electron chi connectivity index (χ2n) is 6.34. The van der Waals surface area contributed by atoms with Crippen LogP contribution in [0.15, 0.2) is 60.9 Å². The molecule has 3 aromatic rings. The van der Waals surface area contributed by atoms with Gasteiger partial charge in [-0.1, -0.05) is 30.3 Å². The van der Waals surface area contributed by atoms with Crippen LogP contribution in [-0.2, 0) is 4.79 Å². The van der Waals surface area contributed by atoms with E-state index < -0.39 is 4.92 Å². The van der Waals surface area contributed by atoms with Crippen molar-refractivity contribution in [2.75, 3.05) is 16.0 Å². The molecule has 2 aromatic carbocycles. The minimum Gasteiger partial charge on any atom is -0.358 e. The van der Waals surface area contributed by atoms with E-state index in [4.69, 9.17) is 0 Å². The minimum absolute atomic E-state index is 0.0695. The number of anilines is 4. The van der Waals surface area contributed by atoms with Crippen LogP contribution in [0.2, 0.25) is 0 Å². The normalized spacial score (nSPS) is 11.4. The molecule has 1 unspecified atom stereocenters. The summed E-state index contributed by atoms with van der Waals surface area (Å²) in [4.78, 5) is 30.4. The maximum atomic E-state index is 11.7. The van der Waals surface area contributed by atoms with Gasteiger partial charge in [-0.2, -0.15) is 0 Å². The molecule has 0 aliphatic heterocycles. The zero-order valence-corrected chi connectivity index (χ0v) is 15.9. The fraction of sp³-hybridized carbons (Fsp3) is 0.150. The molecular weight excluding hydrogens is 372 g/mol. The van der Waals surface area contributed by atoms with Crippen LogP contribution >= 0.6 is 0 Å². The average molecular weight is 392 g/mol. The zero-order chi connectivity index (χ0) is 20.8. The lowest BCUT2D eigenvalue weighted by Gasteiger charge is -2.16. The Kier molecular flexibility index (Phi) is 5.98. The number of carbonyl (C=O) groups is 1. The third kappa shape index (κ3) is 5.04. The summed E-state index contributed by atoms with van der Waals surface area (Å²) in [6, 6.07) is 16.1. The van der Waals surface area contributed by atoms with Gasteiger partial charge in [-0.05, 0) is 36.8 Å². The summed E-state index contributed by atoms with van der Waals surface area (Å²) in [5, 5.41) is 20.4. The molecule has 0 radical (unpaired) electrons. The van der Waals surface area contributed by atoms with Crippen molar-refractivity contribution in [2.45, 2.75) is 19.9 Å². The molecule has 3 N–H and O–H groups in total. The third-order valence-corrected chi connectivity index (χ3v) is 4.13. The standard InChI is InChI=1S/C20H20N6O3/c1-13(15-6-4-3-5-7-15)23-19-18(26(28)29)20(22-12-21-19)25-17-10-8-16(9-11-17)24-14(2)27/h3-13H,1-2H3,(H,24,27)(H2,21,22,23,25). The number of hydrogen-bond donors (Lipinski definition) is 3. The van der Waals surface area contributed by atoms with Crippen LogP contribution in [0.1, 0.15) is 25.5 Å². The van der Waals surface area contributed by atoms with Crippen LogP contribution in [0.3, 0.4) is 0 Å². The van der Waals surface area contributed by atoms with E-state index in [9.17, 15) is 14.9 Å². The molecule has 148 valence electrons. The van der Waals surface area contributed by atoms with Gasteiger partial charge in [0.2, 0.25) is 17.5 Å². The summed E-state index contributed by atoms with van der Waals surface area (Å²) < 4.78 is 0. The van der Waals surface area contributed by atoms with E-state index in [-0.39, 0.29) is 29.3 Å². The van der Waals surface area contributed by atoms with Crippen LogP contribution in [0.4, 0.5) is 28.7 Å². The second kappa shape index (κ2) is 8.79. The van der Waals surface area contributed by atoms with Gasteiger partial charge in [0.15, 0.2) is 0 Å². The quantitative estimate of drug-likeness (QED) is 0.405. The summed E-state index contributed by atoms with van der Waals surface area (Å²) in [7, 11) is 0. The van der Waals surface area contributed by atoms with Crippen molar-refractivity contribution in [2.24, 2.45) is 0 Å². The number of amides is 1. The predicted molar refractivity (Wildman–Crippen MR) is 111 cm³/mol. The number of carbonyl (C=O) groups excluding carboxylic acids is 1. The molecule has 0 saturated heterocycles. The molecule has 29 heavy (non-hydrogen) atoms. The Labute approximate surface area is 167 Å². The van der Waals surface area contributed by atoms with E-state index in [1.165, 1.54) is 13.3 Å². The summed E-state index contributed by atoms with van der Waals surface area (Å²) >= 11 is 0. The van der Waals surface area contributed by atoms with E-state index >= 15 is 0 Å². The monoisotopic (exact) mass is 392 g/mol. The zero-order valence-electron chi connectivity index (χ0n) is 15.9. The number of hydrogen-bond acceptors (Lipinski definition) is 7. The van der Waals surface area contributed by atoms with Crippen molar-refractivity contribution in [3.8, 4) is 0 Å². The highest BCUT2D eigenvalue weighted by Gasteiger charge is 2.24. The number of nitrogens with one attached hydrogen (secondary N) is 3. The Morgan fingerprint density at radius 1 is 1.00 bits per heavy atom. The van der Waals surface area contributed by atoms with Crippen molar-refractivity contribution in [1.82, 2.24) is 9.97 Å². The average Bonchev–Trinajstić information content (AvgIpc) is 2.69. The van der Waals surface area contributed by atoms with Crippen molar-refractivity contribution in [1.29, 1.82) is 0 Å². The highest BCUT2D eigenvalue weighted by atomic mass is 16.6. The van der Waals surface area contributed by atoms with E-state index in [0.717, 1.165) is 5.56 Å². The maximum Gasteiger partial charge on any atom is 0.353 e. The van der Waals surface area contributed by atoms with Gasteiger partial charge in [-0.3, -0.25) is 14.9 Å². The highest BCUT2D eigenvalue weighted by Crippen LogP contribution is 2.33. The summed E-state index contributed by atoms with van der Waals surface area (Å²) in [5.74, 6) is 0.0131. The van der Waals surface area contributed by atoms with Crippen LogP contribution < -0.4 is 16.0 Å². The Morgan fingerprint density at radius 3 is 2.24 bits per heavy atom. The molecule has 0 aliphatic rings. The van der Waals surface area contributed by atoms with Gasteiger partial charge in [0.05, 0.1) is 11.0 Å². The third-order valence-electron chi connectivity index (χ3n) is 4.13. The van der Waals surface area contributed by atoms with Gasteiger partial charge in [-0.25, -0.2) is 9.97 Å². The van der Waals surface area contributed by atoms with Gasteiger partial charge < -0.3 is 16.0 Å². The lowest BCUT2D eigenvalue weighted by atomic mass is 10.1. The lowest BCUT2D eigenvalue weighted by molar-refractivity contribution is -0.383. The number of benzene rings is 2. The van der Waals surface area contributed by atoms with Crippen LogP contribution in [0, 0.1) is 10.1 Å². The molecule has 1 heterocycles. The van der Waals surface area contributed by atoms with E-state index in [1.54, 1.807) is 24.3 Å². The lowest BCUT2D eigenvalue weighted by Crippen LogP contribution is -2.11. The number of nitrogens with zero attached hydrogens (tertiary/aromatic N) is 3. The Hall–Kier alpha value is -4.01. The largest absolute Gasteiger partial charge is 0.358 e. The van der Waals surface area contributed by atoms with Crippen LogP contribution in [0.25, 0.3) is 0 Å². The molecule has 1 aromatic heterocycles. The molecule has 0 bridgehead atoms. The SMILES string of the molecule is CC(=O)Nc1ccc(Nc2ncnc(NC(C)c3ccccc3)c2[N+](=O)[O-])cc1.